The number of phosphoric ester groups is 1. The Morgan fingerprint density at radius 3 is 0.977 bits per heavy atom. The van der Waals surface area contributed by atoms with Crippen molar-refractivity contribution in [1.29, 1.82) is 0 Å². The van der Waals surface area contributed by atoms with Gasteiger partial charge in [0, 0.05) is 12.8 Å². The van der Waals surface area contributed by atoms with Crippen LogP contribution in [0.15, 0.2) is 72.9 Å². The largest absolute Gasteiger partial charge is 0.756 e. The number of ether oxygens (including phenoxy) is 2. The monoisotopic (exact) mass is 1240 g/mol. The Hall–Kier alpha value is -2.55. The second-order valence-electron chi connectivity index (χ2n) is 26.3. The van der Waals surface area contributed by atoms with Crippen molar-refractivity contribution in [1.82, 2.24) is 0 Å². The van der Waals surface area contributed by atoms with E-state index < -0.39 is 26.5 Å². The average Bonchev–Trinajstić information content (AvgIpc) is 3.68. The summed E-state index contributed by atoms with van der Waals surface area (Å²) >= 11 is 0. The van der Waals surface area contributed by atoms with Crippen LogP contribution in [-0.2, 0) is 32.7 Å². The Kier molecular flexibility index (Phi) is 65.8. The van der Waals surface area contributed by atoms with Gasteiger partial charge in [0.05, 0.1) is 27.7 Å². The third-order valence-corrected chi connectivity index (χ3v) is 17.5. The number of quaternary nitrogens is 1. The molecule has 0 bridgehead atoms. The smallest absolute Gasteiger partial charge is 0.306 e. The molecule has 9 nitrogen and oxygen atoms in total. The fraction of sp³-hybridized carbons (Fsp3) is 0.818. The molecule has 0 aliphatic heterocycles. The van der Waals surface area contributed by atoms with Crippen LogP contribution in [0.3, 0.4) is 0 Å². The molecule has 0 N–H and O–H groups in total. The maximum absolute atomic E-state index is 12.9. The van der Waals surface area contributed by atoms with Gasteiger partial charge in [-0.25, -0.2) is 0 Å². The first-order valence-corrected chi connectivity index (χ1v) is 38.6. The summed E-state index contributed by atoms with van der Waals surface area (Å²) in [5.74, 6) is -0.813. The molecular formula is C77H142NO8P. The molecule has 0 aromatic carbocycles. The maximum atomic E-state index is 12.9. The van der Waals surface area contributed by atoms with Gasteiger partial charge in [0.2, 0.25) is 0 Å². The lowest BCUT2D eigenvalue weighted by Gasteiger charge is -2.28. The summed E-state index contributed by atoms with van der Waals surface area (Å²) in [6.45, 7) is 4.19. The van der Waals surface area contributed by atoms with Crippen LogP contribution in [0.4, 0.5) is 0 Å². The number of carbonyl (C=O) groups excluding carboxylic acids is 2. The Balaban J connectivity index is 3.95. The summed E-state index contributed by atoms with van der Waals surface area (Å²) in [7, 11) is 1.18. The third-order valence-electron chi connectivity index (χ3n) is 16.5. The van der Waals surface area contributed by atoms with Gasteiger partial charge in [-0.1, -0.05) is 350 Å². The van der Waals surface area contributed by atoms with Crippen molar-refractivity contribution in [3.63, 3.8) is 0 Å². The van der Waals surface area contributed by atoms with Crippen molar-refractivity contribution in [2.75, 3.05) is 47.5 Å². The molecule has 0 fully saturated rings. The third kappa shape index (κ3) is 72.4. The van der Waals surface area contributed by atoms with Gasteiger partial charge in [0.1, 0.15) is 19.8 Å². The van der Waals surface area contributed by atoms with Gasteiger partial charge in [-0.3, -0.25) is 14.2 Å². The number of carbonyl (C=O) groups is 2. The number of likely N-dealkylation sites (N-methyl/N-ethyl adjacent to an activating group) is 1. The topological polar surface area (TPSA) is 111 Å². The minimum Gasteiger partial charge on any atom is -0.756 e. The van der Waals surface area contributed by atoms with Crippen molar-refractivity contribution in [2.45, 2.75) is 360 Å². The fourth-order valence-electron chi connectivity index (χ4n) is 10.8. The quantitative estimate of drug-likeness (QED) is 0.0195. The molecule has 508 valence electrons. The summed E-state index contributed by atoms with van der Waals surface area (Å²) in [6.07, 6.45) is 91.4. The van der Waals surface area contributed by atoms with Crippen molar-refractivity contribution in [2.24, 2.45) is 0 Å². The molecule has 0 aromatic rings. The zero-order valence-corrected chi connectivity index (χ0v) is 58.9. The number of hydrogen-bond donors (Lipinski definition) is 0. The van der Waals surface area contributed by atoms with Crippen LogP contribution in [0, 0.1) is 0 Å². The van der Waals surface area contributed by atoms with Gasteiger partial charge in [-0.2, -0.15) is 0 Å². The Morgan fingerprint density at radius 2 is 0.655 bits per heavy atom. The molecule has 0 aliphatic rings. The van der Waals surface area contributed by atoms with Crippen LogP contribution in [0.2, 0.25) is 0 Å². The van der Waals surface area contributed by atoms with Gasteiger partial charge < -0.3 is 27.9 Å². The predicted octanol–water partition coefficient (Wildman–Crippen LogP) is 23.7. The van der Waals surface area contributed by atoms with E-state index in [2.05, 4.69) is 86.8 Å². The van der Waals surface area contributed by atoms with Crippen molar-refractivity contribution >= 4 is 19.8 Å². The first kappa shape index (κ1) is 84.5. The van der Waals surface area contributed by atoms with Crippen LogP contribution < -0.4 is 4.89 Å². The lowest BCUT2D eigenvalue weighted by molar-refractivity contribution is -0.870. The molecule has 0 heterocycles. The number of phosphoric acid groups is 1. The summed E-state index contributed by atoms with van der Waals surface area (Å²) in [4.78, 5) is 38.1. The summed E-state index contributed by atoms with van der Waals surface area (Å²) in [6, 6.07) is 0. The van der Waals surface area contributed by atoms with Crippen molar-refractivity contribution < 1.29 is 42.1 Å². The Labute approximate surface area is 539 Å². The van der Waals surface area contributed by atoms with Gasteiger partial charge in [0.25, 0.3) is 7.82 Å². The highest BCUT2D eigenvalue weighted by Gasteiger charge is 2.22. The van der Waals surface area contributed by atoms with Gasteiger partial charge in [-0.05, 0) is 64.2 Å². The minimum atomic E-state index is -4.64. The first-order chi connectivity index (χ1) is 42.5. The summed E-state index contributed by atoms with van der Waals surface area (Å²) in [5.41, 5.74) is 0. The molecule has 2 unspecified atom stereocenters. The van der Waals surface area contributed by atoms with E-state index in [4.69, 9.17) is 18.5 Å². The summed E-state index contributed by atoms with van der Waals surface area (Å²) < 4.78 is 34.4. The summed E-state index contributed by atoms with van der Waals surface area (Å²) in [5, 5.41) is 0. The molecule has 0 amide bonds. The molecular weight excluding hydrogens is 1100 g/mol. The number of hydrogen-bond acceptors (Lipinski definition) is 8. The highest BCUT2D eigenvalue weighted by Crippen LogP contribution is 2.38. The molecule has 0 aromatic heterocycles. The molecule has 10 heteroatoms. The first-order valence-electron chi connectivity index (χ1n) is 37.1. The zero-order chi connectivity index (χ0) is 63.4. The Bertz CT molecular complexity index is 1700. The Morgan fingerprint density at radius 1 is 0.368 bits per heavy atom. The highest BCUT2D eigenvalue weighted by molar-refractivity contribution is 7.45. The van der Waals surface area contributed by atoms with E-state index in [9.17, 15) is 19.0 Å². The van der Waals surface area contributed by atoms with E-state index in [1.165, 1.54) is 244 Å². The molecule has 0 radical (unpaired) electrons. The van der Waals surface area contributed by atoms with Crippen LogP contribution in [0.1, 0.15) is 354 Å². The minimum absolute atomic E-state index is 0.0289. The number of allylic oxidation sites excluding steroid dienone is 12. The van der Waals surface area contributed by atoms with E-state index >= 15 is 0 Å². The molecule has 0 saturated carbocycles. The molecule has 0 aliphatic carbocycles. The molecule has 0 spiro atoms. The van der Waals surface area contributed by atoms with E-state index in [-0.39, 0.29) is 32.0 Å². The molecule has 0 rings (SSSR count). The standard InChI is InChI=1S/C77H142NO8P/c1-6-8-10-12-14-16-18-20-22-24-26-28-30-32-33-34-35-36-37-38-39-40-41-42-43-44-45-46-48-50-52-54-56-58-60-62-64-66-68-70-77(80)86-75(74-85-87(81,82)84-72-71-78(3,4)5)73-83-76(79)69-67-65-63-61-59-57-55-53-51-49-47-31-29-27-25-23-21-19-17-15-13-11-9-7-2/h8,10,14,16,20,22,26,28,32-33,35-36,75H,6-7,9,11-13,15,17-19,21,23-25,27,29-31,34,37-74H2,1-5H3/b10-8-,16-14-,22-20-,28-26-,33-32-,36-35-. The van der Waals surface area contributed by atoms with E-state index in [0.29, 0.717) is 17.4 Å². The number of rotatable bonds is 69. The second kappa shape index (κ2) is 67.8. The molecule has 2 atom stereocenters. The fourth-order valence-corrected chi connectivity index (χ4v) is 11.6. The normalized spacial score (nSPS) is 13.5. The zero-order valence-electron chi connectivity index (χ0n) is 58.0. The van der Waals surface area contributed by atoms with E-state index in [1.807, 2.05) is 21.1 Å². The predicted molar refractivity (Wildman–Crippen MR) is 374 cm³/mol. The van der Waals surface area contributed by atoms with E-state index in [0.717, 1.165) is 77.0 Å². The lowest BCUT2D eigenvalue weighted by Crippen LogP contribution is -2.37. The van der Waals surface area contributed by atoms with Gasteiger partial charge >= 0.3 is 11.9 Å². The van der Waals surface area contributed by atoms with Crippen LogP contribution >= 0.6 is 7.82 Å². The van der Waals surface area contributed by atoms with E-state index in [1.54, 1.807) is 0 Å². The number of nitrogens with zero attached hydrogens (tertiary/aromatic N) is 1. The molecule has 87 heavy (non-hydrogen) atoms. The van der Waals surface area contributed by atoms with Gasteiger partial charge in [-0.15, -0.1) is 0 Å². The number of unbranched alkanes of at least 4 members (excludes halogenated alkanes) is 43. The molecule has 0 saturated heterocycles. The van der Waals surface area contributed by atoms with Gasteiger partial charge in [0.15, 0.2) is 6.10 Å². The van der Waals surface area contributed by atoms with Crippen LogP contribution in [0.25, 0.3) is 0 Å². The average molecular weight is 1240 g/mol. The van der Waals surface area contributed by atoms with Crippen LogP contribution in [0.5, 0.6) is 0 Å². The van der Waals surface area contributed by atoms with Crippen molar-refractivity contribution in [3.8, 4) is 0 Å². The lowest BCUT2D eigenvalue weighted by atomic mass is 10.0. The number of esters is 2. The maximum Gasteiger partial charge on any atom is 0.306 e. The SMILES string of the molecule is CC/C=C\C/C=C\C/C=C\C/C=C\C/C=C\C/C=C\CCCCCCCCCCCCCCCCCCCCCCC(=O)OC(COC(=O)CCCCCCCCCCCCCCCCCCCCCCCCCC)COP(=O)([O-])OCC[N+](C)(C)C. The highest BCUT2D eigenvalue weighted by atomic mass is 31.2. The van der Waals surface area contributed by atoms with Crippen LogP contribution in [-0.4, -0.2) is 70.0 Å². The van der Waals surface area contributed by atoms with Crippen molar-refractivity contribution in [3.05, 3.63) is 72.9 Å². The second-order valence-corrected chi connectivity index (χ2v) is 27.7.